The lowest BCUT2D eigenvalue weighted by Crippen LogP contribution is -2.29. The molecule has 0 unspecified atom stereocenters. The maximum absolute atomic E-state index is 15.1. The Labute approximate surface area is 167 Å². The van der Waals surface area contributed by atoms with Crippen LogP contribution in [0.15, 0.2) is 30.3 Å². The van der Waals surface area contributed by atoms with Crippen molar-refractivity contribution in [1.29, 1.82) is 0 Å². The highest BCUT2D eigenvalue weighted by Crippen LogP contribution is 2.50. The molecule has 2 aromatic carbocycles. The summed E-state index contributed by atoms with van der Waals surface area (Å²) in [4.78, 5) is 11.3. The molecule has 1 fully saturated rings. The van der Waals surface area contributed by atoms with Crippen LogP contribution in [-0.2, 0) is 4.79 Å². The first-order valence-electron chi connectivity index (χ1n) is 9.75. The van der Waals surface area contributed by atoms with Crippen molar-refractivity contribution < 1.29 is 23.8 Å². The predicted molar refractivity (Wildman–Crippen MR) is 107 cm³/mol. The summed E-state index contributed by atoms with van der Waals surface area (Å²) in [7, 11) is 0. The van der Waals surface area contributed by atoms with Crippen LogP contribution in [0, 0.1) is 24.5 Å². The summed E-state index contributed by atoms with van der Waals surface area (Å²) in [6.07, 6.45) is 0.872. The van der Waals surface area contributed by atoms with E-state index in [1.807, 2.05) is 18.4 Å². The zero-order chi connectivity index (χ0) is 21.0. The van der Waals surface area contributed by atoms with Gasteiger partial charge in [0.15, 0.2) is 11.6 Å². The molecule has 29 heavy (non-hydrogen) atoms. The molecule has 4 rings (SSSR count). The molecule has 1 heterocycles. The highest BCUT2D eigenvalue weighted by atomic mass is 19.1. The molecule has 1 aromatic heterocycles. The first kappa shape index (κ1) is 19.4. The number of carbonyl (C=O) groups is 1. The molecule has 1 saturated carbocycles. The molecule has 1 aliphatic carbocycles. The zero-order valence-electron chi connectivity index (χ0n) is 16.5. The number of aromatic hydroxyl groups is 1. The van der Waals surface area contributed by atoms with Gasteiger partial charge in [-0.2, -0.15) is 0 Å². The van der Waals surface area contributed by atoms with Gasteiger partial charge in [-0.15, -0.1) is 0 Å². The van der Waals surface area contributed by atoms with Gasteiger partial charge in [-0.25, -0.2) is 8.78 Å². The van der Waals surface area contributed by atoms with Gasteiger partial charge in [-0.3, -0.25) is 4.79 Å². The number of benzene rings is 2. The minimum Gasteiger partial charge on any atom is -0.505 e. The van der Waals surface area contributed by atoms with E-state index in [1.165, 1.54) is 12.1 Å². The number of hydrogen-bond donors (Lipinski definition) is 2. The van der Waals surface area contributed by atoms with Gasteiger partial charge >= 0.3 is 5.97 Å². The standard InChI is InChI=1S/C23H23F2NO3/c1-11(2)22-19(13-9-14(10-13)23(28)29)20-17(6-7-18(27)21(20)25)26(22)15-4-5-16(24)12(3)8-15/h4-8,11,13-14,27H,9-10H2,1-3H3,(H,28,29). The maximum Gasteiger partial charge on any atom is 0.306 e. The minimum absolute atomic E-state index is 0.00757. The largest absolute Gasteiger partial charge is 0.505 e. The number of nitrogens with zero attached hydrogens (tertiary/aromatic N) is 1. The van der Waals surface area contributed by atoms with E-state index in [9.17, 15) is 19.4 Å². The monoisotopic (exact) mass is 399 g/mol. The van der Waals surface area contributed by atoms with Crippen molar-refractivity contribution in [2.45, 2.75) is 45.4 Å². The molecule has 0 saturated heterocycles. The van der Waals surface area contributed by atoms with Crippen molar-refractivity contribution in [2.24, 2.45) is 5.92 Å². The highest BCUT2D eigenvalue weighted by molar-refractivity contribution is 5.90. The lowest BCUT2D eigenvalue weighted by atomic mass is 9.70. The number of fused-ring (bicyclic) bond motifs is 1. The normalized spacial score (nSPS) is 19.0. The summed E-state index contributed by atoms with van der Waals surface area (Å²) in [5, 5.41) is 19.6. The van der Waals surface area contributed by atoms with E-state index in [1.54, 1.807) is 25.1 Å². The van der Waals surface area contributed by atoms with Gasteiger partial charge in [0, 0.05) is 16.8 Å². The minimum atomic E-state index is -0.839. The molecule has 6 heteroatoms. The summed E-state index contributed by atoms with van der Waals surface area (Å²) < 4.78 is 30.9. The topological polar surface area (TPSA) is 62.5 Å². The van der Waals surface area contributed by atoms with Crippen LogP contribution in [0.4, 0.5) is 8.78 Å². The quantitative estimate of drug-likeness (QED) is 0.598. The number of aromatic nitrogens is 1. The second-order valence-corrected chi connectivity index (χ2v) is 8.22. The highest BCUT2D eigenvalue weighted by Gasteiger charge is 2.40. The Morgan fingerprint density at radius 1 is 1.17 bits per heavy atom. The van der Waals surface area contributed by atoms with Crippen LogP contribution in [0.25, 0.3) is 16.6 Å². The van der Waals surface area contributed by atoms with Crippen LogP contribution in [0.2, 0.25) is 0 Å². The SMILES string of the molecule is Cc1cc(-n2c(C(C)C)c(C3CC(C(=O)O)C3)c3c(F)c(O)ccc32)ccc1F. The molecule has 0 bridgehead atoms. The molecular formula is C23H23F2NO3. The van der Waals surface area contributed by atoms with E-state index in [4.69, 9.17) is 0 Å². The molecule has 0 aliphatic heterocycles. The van der Waals surface area contributed by atoms with Crippen LogP contribution < -0.4 is 0 Å². The summed E-state index contributed by atoms with van der Waals surface area (Å²) >= 11 is 0. The third kappa shape index (κ3) is 2.98. The van der Waals surface area contributed by atoms with Gasteiger partial charge in [0.2, 0.25) is 0 Å². The number of carboxylic acid groups (broad SMARTS) is 1. The Kier molecular flexibility index (Phi) is 4.60. The Morgan fingerprint density at radius 3 is 2.45 bits per heavy atom. The number of halogens is 2. The Balaban J connectivity index is 2.03. The zero-order valence-corrected chi connectivity index (χ0v) is 16.5. The van der Waals surface area contributed by atoms with E-state index >= 15 is 4.39 Å². The summed E-state index contributed by atoms with van der Waals surface area (Å²) in [5.74, 6) is -2.82. The number of carboxylic acids is 1. The van der Waals surface area contributed by atoms with Crippen LogP contribution in [0.5, 0.6) is 5.75 Å². The van der Waals surface area contributed by atoms with Gasteiger partial charge in [-0.1, -0.05) is 13.8 Å². The fourth-order valence-electron chi connectivity index (χ4n) is 4.46. The summed E-state index contributed by atoms with van der Waals surface area (Å²) in [5.41, 5.74) is 3.40. The molecule has 0 atom stereocenters. The fraction of sp³-hybridized carbons (Fsp3) is 0.348. The molecule has 4 nitrogen and oxygen atoms in total. The number of hydrogen-bond acceptors (Lipinski definition) is 2. The molecular weight excluding hydrogens is 376 g/mol. The van der Waals surface area contributed by atoms with Crippen molar-refractivity contribution in [3.63, 3.8) is 0 Å². The van der Waals surface area contributed by atoms with Gasteiger partial charge in [0.1, 0.15) is 5.82 Å². The maximum atomic E-state index is 15.1. The predicted octanol–water partition coefficient (Wildman–Crippen LogP) is 5.62. The lowest BCUT2D eigenvalue weighted by Gasteiger charge is -2.34. The van der Waals surface area contributed by atoms with Crippen LogP contribution in [-0.4, -0.2) is 20.7 Å². The number of rotatable bonds is 4. The molecule has 0 spiro atoms. The molecule has 2 N–H and O–H groups in total. The van der Waals surface area contributed by atoms with E-state index in [-0.39, 0.29) is 17.7 Å². The van der Waals surface area contributed by atoms with Crippen molar-refractivity contribution in [3.05, 3.63) is 58.8 Å². The van der Waals surface area contributed by atoms with Gasteiger partial charge in [0.05, 0.1) is 11.4 Å². The molecule has 0 amide bonds. The van der Waals surface area contributed by atoms with Crippen molar-refractivity contribution in [2.75, 3.05) is 0 Å². The van der Waals surface area contributed by atoms with E-state index < -0.39 is 23.5 Å². The number of aryl methyl sites for hydroxylation is 1. The van der Waals surface area contributed by atoms with Crippen molar-refractivity contribution in [1.82, 2.24) is 4.57 Å². The van der Waals surface area contributed by atoms with Crippen LogP contribution in [0.1, 0.15) is 55.3 Å². The van der Waals surface area contributed by atoms with Crippen molar-refractivity contribution in [3.8, 4) is 11.4 Å². The average molecular weight is 399 g/mol. The first-order chi connectivity index (χ1) is 13.7. The van der Waals surface area contributed by atoms with E-state index in [0.717, 1.165) is 11.3 Å². The molecule has 1 aliphatic rings. The van der Waals surface area contributed by atoms with E-state index in [0.29, 0.717) is 35.0 Å². The first-order valence-corrected chi connectivity index (χ1v) is 9.75. The second-order valence-electron chi connectivity index (χ2n) is 8.22. The van der Waals surface area contributed by atoms with Gasteiger partial charge in [-0.05, 0) is 73.1 Å². The molecule has 3 aromatic rings. The molecule has 152 valence electrons. The number of aliphatic carboxylic acids is 1. The van der Waals surface area contributed by atoms with Crippen molar-refractivity contribution >= 4 is 16.9 Å². The molecule has 0 radical (unpaired) electrons. The third-order valence-electron chi connectivity index (χ3n) is 5.97. The smallest absolute Gasteiger partial charge is 0.306 e. The van der Waals surface area contributed by atoms with Crippen LogP contribution >= 0.6 is 0 Å². The van der Waals surface area contributed by atoms with Gasteiger partial charge in [0.25, 0.3) is 0 Å². The Bertz CT molecular complexity index is 1130. The van der Waals surface area contributed by atoms with Gasteiger partial charge < -0.3 is 14.8 Å². The van der Waals surface area contributed by atoms with E-state index in [2.05, 4.69) is 0 Å². The lowest BCUT2D eigenvalue weighted by molar-refractivity contribution is -0.145. The third-order valence-corrected chi connectivity index (χ3v) is 5.97. The summed E-state index contributed by atoms with van der Waals surface area (Å²) in [6.45, 7) is 5.67. The Hall–Kier alpha value is -2.89. The Morgan fingerprint density at radius 2 is 1.86 bits per heavy atom. The fourth-order valence-corrected chi connectivity index (χ4v) is 4.46. The number of phenols is 1. The summed E-state index contributed by atoms with van der Waals surface area (Å²) in [6, 6.07) is 7.74. The second kappa shape index (κ2) is 6.87. The average Bonchev–Trinajstić information content (AvgIpc) is 2.95. The number of phenolic OH excluding ortho intramolecular Hbond substituents is 1. The van der Waals surface area contributed by atoms with Crippen LogP contribution in [0.3, 0.4) is 0 Å².